The van der Waals surface area contributed by atoms with Gasteiger partial charge in [0.15, 0.2) is 6.10 Å². The van der Waals surface area contributed by atoms with Gasteiger partial charge in [-0.1, -0.05) is 38.5 Å². The molecule has 1 atom stereocenters. The standard InChI is InChI=1S/C21H27NO3/c1-4-6-15-24-18-13-11-17(12-14-18)22-21(23)19(5-2)25-20-10-8-7-9-16(20)3/h7-14,19H,4-6,15H2,1-3H3,(H,22,23)/t19-/m0/s1. The Morgan fingerprint density at radius 2 is 1.80 bits per heavy atom. The van der Waals surface area contributed by atoms with E-state index in [1.165, 1.54) is 0 Å². The van der Waals surface area contributed by atoms with E-state index in [9.17, 15) is 4.79 Å². The molecule has 0 aliphatic carbocycles. The largest absolute Gasteiger partial charge is 0.494 e. The number of nitrogens with one attached hydrogen (secondary N) is 1. The van der Waals surface area contributed by atoms with Gasteiger partial charge in [0.1, 0.15) is 11.5 Å². The number of aryl methyl sites for hydroxylation is 1. The minimum absolute atomic E-state index is 0.148. The third-order valence-electron chi connectivity index (χ3n) is 3.91. The molecule has 0 heterocycles. The normalized spacial score (nSPS) is 11.6. The average Bonchev–Trinajstić information content (AvgIpc) is 2.62. The van der Waals surface area contributed by atoms with Crippen LogP contribution >= 0.6 is 0 Å². The molecular weight excluding hydrogens is 314 g/mol. The maximum Gasteiger partial charge on any atom is 0.265 e. The third kappa shape index (κ3) is 5.82. The molecule has 0 spiro atoms. The second-order valence-electron chi connectivity index (χ2n) is 6.00. The van der Waals surface area contributed by atoms with Crippen LogP contribution in [0.3, 0.4) is 0 Å². The molecule has 1 amide bonds. The van der Waals surface area contributed by atoms with E-state index < -0.39 is 6.10 Å². The molecule has 25 heavy (non-hydrogen) atoms. The fourth-order valence-electron chi connectivity index (χ4n) is 2.36. The number of unbranched alkanes of at least 4 members (excludes halogenated alkanes) is 1. The van der Waals surface area contributed by atoms with Gasteiger partial charge in [-0.15, -0.1) is 0 Å². The van der Waals surface area contributed by atoms with Gasteiger partial charge in [-0.05, 0) is 55.7 Å². The van der Waals surface area contributed by atoms with Crippen molar-refractivity contribution in [3.63, 3.8) is 0 Å². The Kier molecular flexibility index (Phi) is 7.33. The summed E-state index contributed by atoms with van der Waals surface area (Å²) in [6.45, 7) is 6.75. The quantitative estimate of drug-likeness (QED) is 0.655. The first-order chi connectivity index (χ1) is 12.1. The van der Waals surface area contributed by atoms with Gasteiger partial charge in [0.05, 0.1) is 6.61 Å². The van der Waals surface area contributed by atoms with E-state index in [4.69, 9.17) is 9.47 Å². The fourth-order valence-corrected chi connectivity index (χ4v) is 2.36. The van der Waals surface area contributed by atoms with E-state index in [2.05, 4.69) is 12.2 Å². The first-order valence-corrected chi connectivity index (χ1v) is 8.90. The van der Waals surface area contributed by atoms with Gasteiger partial charge in [0, 0.05) is 5.69 Å². The van der Waals surface area contributed by atoms with Crippen LogP contribution in [0.15, 0.2) is 48.5 Å². The molecule has 2 aromatic carbocycles. The number of para-hydroxylation sites is 1. The van der Waals surface area contributed by atoms with Gasteiger partial charge in [-0.25, -0.2) is 0 Å². The van der Waals surface area contributed by atoms with E-state index in [-0.39, 0.29) is 5.91 Å². The third-order valence-corrected chi connectivity index (χ3v) is 3.91. The Labute approximate surface area is 150 Å². The zero-order chi connectivity index (χ0) is 18.1. The lowest BCUT2D eigenvalue weighted by Gasteiger charge is -2.18. The van der Waals surface area contributed by atoms with Gasteiger partial charge in [0.25, 0.3) is 5.91 Å². The van der Waals surface area contributed by atoms with E-state index in [0.717, 1.165) is 35.6 Å². The SMILES string of the molecule is CCCCOc1ccc(NC(=O)[C@H](CC)Oc2ccccc2C)cc1. The molecule has 0 fully saturated rings. The number of hydrogen-bond acceptors (Lipinski definition) is 3. The number of carbonyl (C=O) groups excluding carboxylic acids is 1. The molecule has 134 valence electrons. The number of anilines is 1. The molecule has 4 nitrogen and oxygen atoms in total. The van der Waals surface area contributed by atoms with Crippen LogP contribution in [-0.2, 0) is 4.79 Å². The van der Waals surface area contributed by atoms with Crippen LogP contribution < -0.4 is 14.8 Å². The van der Waals surface area contributed by atoms with Gasteiger partial charge >= 0.3 is 0 Å². The molecule has 0 aliphatic rings. The average molecular weight is 341 g/mol. The molecule has 1 N–H and O–H groups in total. The Hall–Kier alpha value is -2.49. The molecule has 4 heteroatoms. The van der Waals surface area contributed by atoms with Crippen molar-refractivity contribution in [1.82, 2.24) is 0 Å². The van der Waals surface area contributed by atoms with Gasteiger partial charge < -0.3 is 14.8 Å². The van der Waals surface area contributed by atoms with Crippen molar-refractivity contribution in [1.29, 1.82) is 0 Å². The summed E-state index contributed by atoms with van der Waals surface area (Å²) in [7, 11) is 0. The van der Waals surface area contributed by atoms with Crippen molar-refractivity contribution in [2.24, 2.45) is 0 Å². The lowest BCUT2D eigenvalue weighted by molar-refractivity contribution is -0.122. The highest BCUT2D eigenvalue weighted by molar-refractivity contribution is 5.94. The van der Waals surface area contributed by atoms with E-state index in [1.807, 2.05) is 62.4 Å². The Bertz CT molecular complexity index is 667. The van der Waals surface area contributed by atoms with E-state index in [0.29, 0.717) is 13.0 Å². The second-order valence-corrected chi connectivity index (χ2v) is 6.00. The lowest BCUT2D eigenvalue weighted by atomic mass is 10.2. The molecular formula is C21H27NO3. The number of ether oxygens (including phenoxy) is 2. The summed E-state index contributed by atoms with van der Waals surface area (Å²) in [6, 6.07) is 15.1. The van der Waals surface area contributed by atoms with Crippen molar-refractivity contribution in [2.45, 2.75) is 46.1 Å². The first kappa shape index (κ1) is 18.8. The summed E-state index contributed by atoms with van der Waals surface area (Å²) in [5.74, 6) is 1.41. The maximum absolute atomic E-state index is 12.5. The molecule has 0 radical (unpaired) electrons. The highest BCUT2D eigenvalue weighted by Gasteiger charge is 2.19. The molecule has 2 aromatic rings. The zero-order valence-electron chi connectivity index (χ0n) is 15.2. The Morgan fingerprint density at radius 3 is 2.44 bits per heavy atom. The summed E-state index contributed by atoms with van der Waals surface area (Å²) < 4.78 is 11.5. The van der Waals surface area contributed by atoms with Crippen molar-refractivity contribution >= 4 is 11.6 Å². The van der Waals surface area contributed by atoms with Crippen LogP contribution in [0, 0.1) is 6.92 Å². The minimum atomic E-state index is -0.526. The van der Waals surface area contributed by atoms with Crippen molar-refractivity contribution < 1.29 is 14.3 Å². The molecule has 0 unspecified atom stereocenters. The van der Waals surface area contributed by atoms with Crippen LogP contribution in [0.4, 0.5) is 5.69 Å². The van der Waals surface area contributed by atoms with Crippen LogP contribution in [-0.4, -0.2) is 18.6 Å². The highest BCUT2D eigenvalue weighted by atomic mass is 16.5. The van der Waals surface area contributed by atoms with E-state index >= 15 is 0 Å². The Balaban J connectivity index is 1.93. The number of benzene rings is 2. The van der Waals surface area contributed by atoms with Gasteiger partial charge in [0.2, 0.25) is 0 Å². The van der Waals surface area contributed by atoms with E-state index in [1.54, 1.807) is 0 Å². The number of carbonyl (C=O) groups is 1. The second kappa shape index (κ2) is 9.72. The van der Waals surface area contributed by atoms with Crippen LogP contribution in [0.1, 0.15) is 38.7 Å². The van der Waals surface area contributed by atoms with Gasteiger partial charge in [-0.3, -0.25) is 4.79 Å². The minimum Gasteiger partial charge on any atom is -0.494 e. The highest BCUT2D eigenvalue weighted by Crippen LogP contribution is 2.20. The predicted molar refractivity (Wildman–Crippen MR) is 101 cm³/mol. The van der Waals surface area contributed by atoms with Crippen LogP contribution in [0.2, 0.25) is 0 Å². The van der Waals surface area contributed by atoms with Gasteiger partial charge in [-0.2, -0.15) is 0 Å². The molecule has 0 bridgehead atoms. The summed E-state index contributed by atoms with van der Waals surface area (Å²) in [5.41, 5.74) is 1.75. The molecule has 2 rings (SSSR count). The molecule has 0 aliphatic heterocycles. The summed E-state index contributed by atoms with van der Waals surface area (Å²) in [5, 5.41) is 2.91. The zero-order valence-corrected chi connectivity index (χ0v) is 15.2. The molecule has 0 saturated heterocycles. The topological polar surface area (TPSA) is 47.6 Å². The van der Waals surface area contributed by atoms with Crippen molar-refractivity contribution in [3.8, 4) is 11.5 Å². The fraction of sp³-hybridized carbons (Fsp3) is 0.381. The number of amides is 1. The van der Waals surface area contributed by atoms with Crippen LogP contribution in [0.5, 0.6) is 11.5 Å². The first-order valence-electron chi connectivity index (χ1n) is 8.90. The maximum atomic E-state index is 12.5. The monoisotopic (exact) mass is 341 g/mol. The van der Waals surface area contributed by atoms with Crippen molar-refractivity contribution in [2.75, 3.05) is 11.9 Å². The smallest absolute Gasteiger partial charge is 0.265 e. The number of hydrogen-bond donors (Lipinski definition) is 1. The number of rotatable bonds is 9. The lowest BCUT2D eigenvalue weighted by Crippen LogP contribution is -2.32. The van der Waals surface area contributed by atoms with Crippen molar-refractivity contribution in [3.05, 3.63) is 54.1 Å². The van der Waals surface area contributed by atoms with Crippen LogP contribution in [0.25, 0.3) is 0 Å². The summed E-state index contributed by atoms with van der Waals surface area (Å²) in [6.07, 6.45) is 2.21. The molecule has 0 aromatic heterocycles. The summed E-state index contributed by atoms with van der Waals surface area (Å²) in [4.78, 5) is 12.5. The Morgan fingerprint density at radius 1 is 1.08 bits per heavy atom. The predicted octanol–water partition coefficient (Wildman–Crippen LogP) is 4.97. The summed E-state index contributed by atoms with van der Waals surface area (Å²) >= 11 is 0. The molecule has 0 saturated carbocycles.